The largest absolute Gasteiger partial charge is 0.398 e. The molecule has 0 amide bonds. The van der Waals surface area contributed by atoms with Crippen LogP contribution in [-0.4, -0.2) is 26.8 Å². The summed E-state index contributed by atoms with van der Waals surface area (Å²) in [6.45, 7) is 9.00. The van der Waals surface area contributed by atoms with Crippen molar-refractivity contribution in [3.05, 3.63) is 22.7 Å². The summed E-state index contributed by atoms with van der Waals surface area (Å²) < 4.78 is 5.17. The highest BCUT2D eigenvalue weighted by Gasteiger charge is 2.12. The molecule has 4 heteroatoms. The third-order valence-corrected chi connectivity index (χ3v) is 3.13. The molecule has 1 rings (SSSR count). The average Bonchev–Trinajstić information content (AvgIpc) is 2.29. The smallest absolute Gasteiger partial charge is 0.0656 e. The van der Waals surface area contributed by atoms with Gasteiger partial charge in [-0.25, -0.2) is 0 Å². The molecule has 1 aromatic carbocycles. The number of nitrogens with two attached hydrogens (primary N) is 1. The predicted molar refractivity (Wildman–Crippen MR) is 79.5 cm³/mol. The van der Waals surface area contributed by atoms with E-state index in [9.17, 15) is 0 Å². The van der Waals surface area contributed by atoms with E-state index in [0.717, 1.165) is 24.3 Å². The van der Waals surface area contributed by atoms with Gasteiger partial charge >= 0.3 is 0 Å². The molecule has 2 N–H and O–H groups in total. The van der Waals surface area contributed by atoms with Crippen molar-refractivity contribution in [1.82, 2.24) is 0 Å². The van der Waals surface area contributed by atoms with E-state index in [4.69, 9.17) is 22.1 Å². The van der Waals surface area contributed by atoms with Crippen LogP contribution in [0.1, 0.15) is 19.4 Å². The number of methoxy groups -OCH3 is 1. The molecular formula is C14H23ClN2O. The molecule has 0 bridgehead atoms. The van der Waals surface area contributed by atoms with Crippen LogP contribution in [0.3, 0.4) is 0 Å². The summed E-state index contributed by atoms with van der Waals surface area (Å²) in [6, 6.07) is 3.88. The summed E-state index contributed by atoms with van der Waals surface area (Å²) in [4.78, 5) is 2.30. The van der Waals surface area contributed by atoms with E-state index in [1.165, 1.54) is 0 Å². The Hall–Kier alpha value is -0.930. The third kappa shape index (κ3) is 4.07. The lowest BCUT2D eigenvalue weighted by molar-refractivity contribution is 0.204. The van der Waals surface area contributed by atoms with E-state index in [0.29, 0.717) is 23.2 Å². The van der Waals surface area contributed by atoms with Crippen LogP contribution in [0.2, 0.25) is 5.02 Å². The Morgan fingerprint density at radius 3 is 2.61 bits per heavy atom. The van der Waals surface area contributed by atoms with E-state index in [2.05, 4.69) is 25.7 Å². The fourth-order valence-corrected chi connectivity index (χ4v) is 2.14. The maximum Gasteiger partial charge on any atom is 0.0656 e. The van der Waals surface area contributed by atoms with Crippen molar-refractivity contribution < 1.29 is 4.74 Å². The molecule has 0 radical (unpaired) electrons. The average molecular weight is 271 g/mol. The molecule has 0 aliphatic carbocycles. The van der Waals surface area contributed by atoms with Gasteiger partial charge in [0.25, 0.3) is 0 Å². The second-order valence-corrected chi connectivity index (χ2v) is 5.40. The van der Waals surface area contributed by atoms with Crippen molar-refractivity contribution in [1.29, 1.82) is 0 Å². The first-order valence-corrected chi connectivity index (χ1v) is 6.63. The Morgan fingerprint density at radius 1 is 1.39 bits per heavy atom. The molecule has 0 unspecified atom stereocenters. The molecule has 0 aliphatic heterocycles. The number of hydrogen-bond donors (Lipinski definition) is 1. The van der Waals surface area contributed by atoms with Gasteiger partial charge in [0.05, 0.1) is 17.3 Å². The first-order chi connectivity index (χ1) is 8.45. The van der Waals surface area contributed by atoms with Crippen molar-refractivity contribution in [2.24, 2.45) is 5.92 Å². The van der Waals surface area contributed by atoms with Crippen LogP contribution in [0.25, 0.3) is 0 Å². The maximum absolute atomic E-state index is 6.12. The highest BCUT2D eigenvalue weighted by atomic mass is 35.5. The lowest BCUT2D eigenvalue weighted by Gasteiger charge is -2.28. The zero-order valence-electron chi connectivity index (χ0n) is 11.7. The summed E-state index contributed by atoms with van der Waals surface area (Å²) >= 11 is 6.12. The Morgan fingerprint density at radius 2 is 2.06 bits per heavy atom. The molecule has 0 saturated heterocycles. The summed E-state index contributed by atoms with van der Waals surface area (Å²) in [6.07, 6.45) is 0. The standard InChI is InChI=1S/C14H23ClN2O/c1-10(2)9-17(5-6-18-4)14-8-12(15)13(16)7-11(14)3/h7-8,10H,5-6,9,16H2,1-4H3. The Labute approximate surface area is 115 Å². The molecule has 0 fully saturated rings. The highest BCUT2D eigenvalue weighted by molar-refractivity contribution is 6.33. The minimum atomic E-state index is 0.581. The van der Waals surface area contributed by atoms with Crippen LogP contribution >= 0.6 is 11.6 Å². The fraction of sp³-hybridized carbons (Fsp3) is 0.571. The molecule has 0 aromatic heterocycles. The SMILES string of the molecule is COCCN(CC(C)C)c1cc(Cl)c(N)cc1C. The summed E-state index contributed by atoms with van der Waals surface area (Å²) in [5.41, 5.74) is 8.74. The van der Waals surface area contributed by atoms with Gasteiger partial charge in [0.2, 0.25) is 0 Å². The maximum atomic E-state index is 6.12. The lowest BCUT2D eigenvalue weighted by atomic mass is 10.1. The van der Waals surface area contributed by atoms with E-state index >= 15 is 0 Å². The van der Waals surface area contributed by atoms with E-state index in [-0.39, 0.29) is 0 Å². The fourth-order valence-electron chi connectivity index (χ4n) is 1.99. The zero-order valence-corrected chi connectivity index (χ0v) is 12.4. The van der Waals surface area contributed by atoms with Gasteiger partial charge < -0.3 is 15.4 Å². The van der Waals surface area contributed by atoms with E-state index in [1.54, 1.807) is 7.11 Å². The second-order valence-electron chi connectivity index (χ2n) is 4.99. The van der Waals surface area contributed by atoms with Crippen LogP contribution in [0.4, 0.5) is 11.4 Å². The minimum absolute atomic E-state index is 0.581. The number of anilines is 2. The molecule has 18 heavy (non-hydrogen) atoms. The number of halogens is 1. The van der Waals surface area contributed by atoms with Crippen LogP contribution in [0.15, 0.2) is 12.1 Å². The van der Waals surface area contributed by atoms with Gasteiger partial charge in [-0.2, -0.15) is 0 Å². The molecule has 0 heterocycles. The number of nitrogen functional groups attached to an aromatic ring is 1. The van der Waals surface area contributed by atoms with Crippen LogP contribution in [0, 0.1) is 12.8 Å². The van der Waals surface area contributed by atoms with Gasteiger partial charge in [0.15, 0.2) is 0 Å². The number of hydrogen-bond acceptors (Lipinski definition) is 3. The third-order valence-electron chi connectivity index (χ3n) is 2.81. The Kier molecular flexibility index (Phi) is 5.76. The van der Waals surface area contributed by atoms with Gasteiger partial charge in [-0.05, 0) is 30.5 Å². The monoisotopic (exact) mass is 270 g/mol. The number of nitrogens with zero attached hydrogens (tertiary/aromatic N) is 1. The lowest BCUT2D eigenvalue weighted by Crippen LogP contribution is -2.31. The number of ether oxygens (including phenoxy) is 1. The quantitative estimate of drug-likeness (QED) is 0.806. The zero-order chi connectivity index (χ0) is 13.7. The van der Waals surface area contributed by atoms with Gasteiger partial charge in [-0.1, -0.05) is 25.4 Å². The number of aryl methyl sites for hydroxylation is 1. The van der Waals surface area contributed by atoms with Crippen molar-refractivity contribution in [3.8, 4) is 0 Å². The first-order valence-electron chi connectivity index (χ1n) is 6.25. The van der Waals surface area contributed by atoms with Crippen molar-refractivity contribution in [2.75, 3.05) is 37.4 Å². The molecule has 1 aromatic rings. The Balaban J connectivity index is 2.99. The van der Waals surface area contributed by atoms with E-state index < -0.39 is 0 Å². The summed E-state index contributed by atoms with van der Waals surface area (Å²) in [5.74, 6) is 0.581. The number of benzene rings is 1. The van der Waals surface area contributed by atoms with Crippen molar-refractivity contribution in [2.45, 2.75) is 20.8 Å². The van der Waals surface area contributed by atoms with Gasteiger partial charge in [-0.15, -0.1) is 0 Å². The highest BCUT2D eigenvalue weighted by Crippen LogP contribution is 2.29. The normalized spacial score (nSPS) is 11.0. The summed E-state index contributed by atoms with van der Waals surface area (Å²) in [7, 11) is 1.72. The minimum Gasteiger partial charge on any atom is -0.398 e. The van der Waals surface area contributed by atoms with Gasteiger partial charge in [-0.3, -0.25) is 0 Å². The topological polar surface area (TPSA) is 38.5 Å². The van der Waals surface area contributed by atoms with Gasteiger partial charge in [0, 0.05) is 25.9 Å². The molecule has 3 nitrogen and oxygen atoms in total. The van der Waals surface area contributed by atoms with Crippen molar-refractivity contribution >= 4 is 23.0 Å². The molecular weight excluding hydrogens is 248 g/mol. The van der Waals surface area contributed by atoms with Crippen LogP contribution in [-0.2, 0) is 4.74 Å². The van der Waals surface area contributed by atoms with Gasteiger partial charge in [0.1, 0.15) is 0 Å². The number of rotatable bonds is 6. The molecule has 0 spiro atoms. The van der Waals surface area contributed by atoms with E-state index in [1.807, 2.05) is 12.1 Å². The second kappa shape index (κ2) is 6.86. The Bertz CT molecular complexity index is 394. The van der Waals surface area contributed by atoms with Crippen molar-refractivity contribution in [3.63, 3.8) is 0 Å². The molecule has 102 valence electrons. The molecule has 0 saturated carbocycles. The summed E-state index contributed by atoms with van der Waals surface area (Å²) in [5, 5.41) is 0.613. The van der Waals surface area contributed by atoms with Crippen LogP contribution < -0.4 is 10.6 Å². The molecule has 0 atom stereocenters. The molecule has 0 aliphatic rings. The first kappa shape index (κ1) is 15.1. The predicted octanol–water partition coefficient (Wildman–Crippen LogP) is 3.34. The van der Waals surface area contributed by atoms with Crippen LogP contribution in [0.5, 0.6) is 0 Å².